The van der Waals surface area contributed by atoms with E-state index >= 15 is 0 Å². The van der Waals surface area contributed by atoms with E-state index in [0.29, 0.717) is 18.1 Å². The lowest BCUT2D eigenvalue weighted by atomic mass is 9.94. The average Bonchev–Trinajstić information content (AvgIpc) is 2.90. The Bertz CT molecular complexity index is 1330. The van der Waals surface area contributed by atoms with E-state index in [0.717, 1.165) is 39.8 Å². The minimum absolute atomic E-state index is 0.215. The molecule has 1 saturated heterocycles. The van der Waals surface area contributed by atoms with Gasteiger partial charge in [-0.3, -0.25) is 4.90 Å². The van der Waals surface area contributed by atoms with E-state index in [4.69, 9.17) is 9.47 Å². The summed E-state index contributed by atoms with van der Waals surface area (Å²) in [4.78, 5) is 2.47. The van der Waals surface area contributed by atoms with Crippen LogP contribution < -0.4 is 9.47 Å². The normalized spacial score (nSPS) is 14.6. The van der Waals surface area contributed by atoms with Crippen molar-refractivity contribution >= 4 is 10.8 Å². The van der Waals surface area contributed by atoms with E-state index in [2.05, 4.69) is 4.90 Å². The lowest BCUT2D eigenvalue weighted by molar-refractivity contribution is 0.0786. The zero-order valence-corrected chi connectivity index (χ0v) is 21.6. The highest BCUT2D eigenvalue weighted by atomic mass is 16.5. The molecule has 0 unspecified atom stereocenters. The molecule has 0 bridgehead atoms. The van der Waals surface area contributed by atoms with E-state index < -0.39 is 5.60 Å². The number of phenols is 1. The van der Waals surface area contributed by atoms with E-state index in [-0.39, 0.29) is 5.75 Å². The second-order valence-corrected chi connectivity index (χ2v) is 10.3. The van der Waals surface area contributed by atoms with E-state index in [1.807, 2.05) is 66.7 Å². The highest BCUT2D eigenvalue weighted by Gasteiger charge is 2.17. The van der Waals surface area contributed by atoms with Crippen molar-refractivity contribution < 1.29 is 19.7 Å². The average molecular weight is 498 g/mol. The molecule has 1 aliphatic heterocycles. The number of nitrogens with zero attached hydrogens (tertiary/aromatic N) is 1. The highest BCUT2D eigenvalue weighted by Crippen LogP contribution is 2.41. The summed E-state index contributed by atoms with van der Waals surface area (Å²) in [6, 6.07) is 24.9. The molecule has 1 heterocycles. The number of aliphatic hydroxyl groups is 1. The van der Waals surface area contributed by atoms with Crippen LogP contribution in [-0.4, -0.2) is 41.4 Å². The monoisotopic (exact) mass is 497 g/mol. The molecule has 0 saturated carbocycles. The van der Waals surface area contributed by atoms with Gasteiger partial charge in [0.25, 0.3) is 0 Å². The second-order valence-electron chi connectivity index (χ2n) is 10.3. The van der Waals surface area contributed by atoms with E-state index in [1.165, 1.54) is 32.4 Å². The molecule has 0 aliphatic carbocycles. The molecule has 0 amide bonds. The summed E-state index contributed by atoms with van der Waals surface area (Å²) in [5, 5.41) is 22.2. The van der Waals surface area contributed by atoms with Crippen LogP contribution in [0.15, 0.2) is 78.9 Å². The van der Waals surface area contributed by atoms with Gasteiger partial charge in [0.05, 0.1) is 5.60 Å². The number of piperidine rings is 1. The number of benzene rings is 4. The van der Waals surface area contributed by atoms with Gasteiger partial charge in [-0.1, -0.05) is 36.8 Å². The summed E-state index contributed by atoms with van der Waals surface area (Å²) in [5.74, 6) is 2.46. The van der Waals surface area contributed by atoms with Crippen LogP contribution in [0.25, 0.3) is 21.9 Å². The first-order valence-electron chi connectivity index (χ1n) is 13.1. The van der Waals surface area contributed by atoms with Crippen LogP contribution in [-0.2, 0) is 5.60 Å². The van der Waals surface area contributed by atoms with Gasteiger partial charge in [-0.05, 0) is 105 Å². The summed E-state index contributed by atoms with van der Waals surface area (Å²) in [6.45, 7) is 7.53. The fourth-order valence-corrected chi connectivity index (χ4v) is 4.88. The lowest BCUT2D eigenvalue weighted by Crippen LogP contribution is -2.33. The molecule has 5 rings (SSSR count). The van der Waals surface area contributed by atoms with Gasteiger partial charge >= 0.3 is 0 Å². The second kappa shape index (κ2) is 10.8. The van der Waals surface area contributed by atoms with Crippen LogP contribution in [0.2, 0.25) is 0 Å². The number of rotatable bonds is 8. The van der Waals surface area contributed by atoms with Crippen molar-refractivity contribution in [3.8, 4) is 34.1 Å². The van der Waals surface area contributed by atoms with Crippen LogP contribution in [0, 0.1) is 0 Å². The van der Waals surface area contributed by atoms with Gasteiger partial charge in [0.1, 0.15) is 29.6 Å². The molecule has 0 spiro atoms. The fraction of sp³-hybridized carbons (Fsp3) is 0.312. The van der Waals surface area contributed by atoms with Gasteiger partial charge < -0.3 is 19.7 Å². The quantitative estimate of drug-likeness (QED) is 0.272. The predicted molar refractivity (Wildman–Crippen MR) is 149 cm³/mol. The summed E-state index contributed by atoms with van der Waals surface area (Å²) in [7, 11) is 0. The summed E-state index contributed by atoms with van der Waals surface area (Å²) in [5.41, 5.74) is 1.86. The van der Waals surface area contributed by atoms with Crippen molar-refractivity contribution in [2.24, 2.45) is 0 Å². The number of likely N-dealkylation sites (tertiary alicyclic amines) is 1. The topological polar surface area (TPSA) is 62.2 Å². The van der Waals surface area contributed by atoms with Crippen LogP contribution in [0.1, 0.15) is 38.7 Å². The molecule has 37 heavy (non-hydrogen) atoms. The van der Waals surface area contributed by atoms with Crippen LogP contribution >= 0.6 is 0 Å². The van der Waals surface area contributed by atoms with Gasteiger partial charge in [0, 0.05) is 17.5 Å². The largest absolute Gasteiger partial charge is 0.508 e. The molecule has 5 nitrogen and oxygen atoms in total. The number of fused-ring (bicyclic) bond motifs is 1. The minimum atomic E-state index is -0.906. The Morgan fingerprint density at radius 3 is 2.22 bits per heavy atom. The van der Waals surface area contributed by atoms with Gasteiger partial charge in [-0.2, -0.15) is 0 Å². The minimum Gasteiger partial charge on any atom is -0.508 e. The number of phenolic OH excluding ortho intramolecular Hbond substituents is 1. The third-order valence-corrected chi connectivity index (χ3v) is 7.02. The fourth-order valence-electron chi connectivity index (χ4n) is 4.88. The molecule has 192 valence electrons. The van der Waals surface area contributed by atoms with Crippen molar-refractivity contribution in [2.75, 3.05) is 26.2 Å². The SMILES string of the molecule is CC(C)(O)c1ccc(-c2ccc3cc(O)ccc3c2Oc2ccc(OCCN3CCCCC3)cc2)cc1. The summed E-state index contributed by atoms with van der Waals surface area (Å²) < 4.78 is 12.5. The Morgan fingerprint density at radius 1 is 0.811 bits per heavy atom. The van der Waals surface area contributed by atoms with E-state index in [9.17, 15) is 10.2 Å². The first kappa shape index (κ1) is 25.1. The van der Waals surface area contributed by atoms with Crippen molar-refractivity contribution in [2.45, 2.75) is 38.7 Å². The smallest absolute Gasteiger partial charge is 0.143 e. The molecule has 1 fully saturated rings. The Kier molecular flexibility index (Phi) is 7.36. The molecule has 1 aliphatic rings. The summed E-state index contributed by atoms with van der Waals surface area (Å²) in [6.07, 6.45) is 3.90. The van der Waals surface area contributed by atoms with Gasteiger partial charge in [-0.25, -0.2) is 0 Å². The first-order chi connectivity index (χ1) is 17.9. The molecule has 5 heteroatoms. The molecule has 4 aromatic carbocycles. The maximum absolute atomic E-state index is 10.3. The molecular formula is C32H35NO4. The van der Waals surface area contributed by atoms with Crippen LogP contribution in [0.3, 0.4) is 0 Å². The predicted octanol–water partition coefficient (Wildman–Crippen LogP) is 7.10. The molecule has 0 aromatic heterocycles. The van der Waals surface area contributed by atoms with Crippen molar-refractivity contribution in [1.82, 2.24) is 4.90 Å². The van der Waals surface area contributed by atoms with Crippen LogP contribution in [0.4, 0.5) is 0 Å². The highest BCUT2D eigenvalue weighted by molar-refractivity contribution is 5.96. The Morgan fingerprint density at radius 2 is 1.51 bits per heavy atom. The zero-order valence-electron chi connectivity index (χ0n) is 21.6. The third-order valence-electron chi connectivity index (χ3n) is 7.02. The van der Waals surface area contributed by atoms with Crippen molar-refractivity contribution in [3.63, 3.8) is 0 Å². The molecule has 0 atom stereocenters. The molecular weight excluding hydrogens is 462 g/mol. The molecule has 2 N–H and O–H groups in total. The Labute approximate surface area is 218 Å². The number of hydrogen-bond acceptors (Lipinski definition) is 5. The van der Waals surface area contributed by atoms with Gasteiger partial charge in [0.15, 0.2) is 0 Å². The van der Waals surface area contributed by atoms with Gasteiger partial charge in [0.2, 0.25) is 0 Å². The number of ether oxygens (including phenoxy) is 2. The zero-order chi connectivity index (χ0) is 25.8. The number of hydrogen-bond donors (Lipinski definition) is 2. The van der Waals surface area contributed by atoms with Crippen LogP contribution in [0.5, 0.6) is 23.0 Å². The van der Waals surface area contributed by atoms with Crippen molar-refractivity contribution in [3.05, 3.63) is 84.4 Å². The Balaban J connectivity index is 1.38. The summed E-state index contributed by atoms with van der Waals surface area (Å²) >= 11 is 0. The standard InChI is InChI=1S/C32H35NO4/c1-32(2,35)25-9-6-23(7-10-25)29-16-8-24-22-26(34)11-17-30(24)31(29)37-28-14-12-27(13-15-28)36-21-20-33-18-4-3-5-19-33/h6-17,22,34-35H,3-5,18-21H2,1-2H3. The van der Waals surface area contributed by atoms with E-state index in [1.54, 1.807) is 26.0 Å². The maximum Gasteiger partial charge on any atom is 0.143 e. The Hall–Kier alpha value is -3.54. The third kappa shape index (κ3) is 6.07. The molecule has 4 aromatic rings. The molecule has 0 radical (unpaired) electrons. The lowest BCUT2D eigenvalue weighted by Gasteiger charge is -2.26. The first-order valence-corrected chi connectivity index (χ1v) is 13.1. The van der Waals surface area contributed by atoms with Crippen molar-refractivity contribution in [1.29, 1.82) is 0 Å². The number of aromatic hydroxyl groups is 1. The maximum atomic E-state index is 10.3. The van der Waals surface area contributed by atoms with Gasteiger partial charge in [-0.15, -0.1) is 0 Å².